The Morgan fingerprint density at radius 1 is 1.21 bits per heavy atom. The highest BCUT2D eigenvalue weighted by Crippen LogP contribution is 2.32. The molecule has 0 unspecified atom stereocenters. The average Bonchev–Trinajstić information content (AvgIpc) is 3.03. The van der Waals surface area contributed by atoms with Crippen LogP contribution < -0.4 is 5.32 Å². The van der Waals surface area contributed by atoms with Crippen molar-refractivity contribution < 1.29 is 18.7 Å². The molecule has 6 nitrogen and oxygen atoms in total. The Kier molecular flexibility index (Phi) is 5.10. The standard InChI is InChI=1S/C22H22N2O4/c1-13(2)22(4,12-23)24-18(25)11-27-21(26)19-14(3)16-10-9-15-7-5-6-8-17(15)20(16)28-19/h5-10,13H,11H2,1-4H3,(H,24,25)/t22-/m0/s1. The monoisotopic (exact) mass is 378 g/mol. The average molecular weight is 378 g/mol. The molecule has 2 aromatic carbocycles. The summed E-state index contributed by atoms with van der Waals surface area (Å²) in [7, 11) is 0. The quantitative estimate of drug-likeness (QED) is 0.675. The molecule has 0 saturated heterocycles. The summed E-state index contributed by atoms with van der Waals surface area (Å²) in [5, 5.41) is 14.6. The number of amides is 1. The Morgan fingerprint density at radius 3 is 2.61 bits per heavy atom. The Labute approximate surface area is 163 Å². The van der Waals surface area contributed by atoms with Crippen molar-refractivity contribution in [3.05, 3.63) is 47.7 Å². The Hall–Kier alpha value is -3.33. The van der Waals surface area contributed by atoms with Gasteiger partial charge in [0.1, 0.15) is 11.1 Å². The second-order valence-electron chi connectivity index (χ2n) is 7.31. The van der Waals surface area contributed by atoms with E-state index in [1.807, 2.05) is 50.2 Å². The molecule has 1 aromatic heterocycles. The zero-order valence-corrected chi connectivity index (χ0v) is 16.3. The first-order chi connectivity index (χ1) is 13.3. The van der Waals surface area contributed by atoms with Gasteiger partial charge in [-0.05, 0) is 25.2 Å². The summed E-state index contributed by atoms with van der Waals surface area (Å²) in [4.78, 5) is 24.6. The van der Waals surface area contributed by atoms with Gasteiger partial charge in [-0.25, -0.2) is 4.79 Å². The second-order valence-corrected chi connectivity index (χ2v) is 7.31. The third-order valence-corrected chi connectivity index (χ3v) is 5.13. The first kappa shape index (κ1) is 19.4. The molecule has 28 heavy (non-hydrogen) atoms. The summed E-state index contributed by atoms with van der Waals surface area (Å²) in [6.45, 7) is 6.59. The van der Waals surface area contributed by atoms with E-state index < -0.39 is 24.0 Å². The fraction of sp³-hybridized carbons (Fsp3) is 0.318. The molecule has 0 saturated carbocycles. The largest absolute Gasteiger partial charge is 0.450 e. The van der Waals surface area contributed by atoms with Crippen LogP contribution >= 0.6 is 0 Å². The highest BCUT2D eigenvalue weighted by molar-refractivity contribution is 6.08. The lowest BCUT2D eigenvalue weighted by atomic mass is 9.90. The highest BCUT2D eigenvalue weighted by atomic mass is 16.5. The number of rotatable bonds is 5. The van der Waals surface area contributed by atoms with Crippen molar-refractivity contribution in [1.29, 1.82) is 5.26 Å². The fourth-order valence-electron chi connectivity index (χ4n) is 2.97. The number of nitriles is 1. The lowest BCUT2D eigenvalue weighted by Crippen LogP contribution is -2.50. The van der Waals surface area contributed by atoms with Crippen LogP contribution in [0.25, 0.3) is 21.7 Å². The van der Waals surface area contributed by atoms with Crippen LogP contribution in [0.4, 0.5) is 0 Å². The van der Waals surface area contributed by atoms with Gasteiger partial charge >= 0.3 is 5.97 Å². The Balaban J connectivity index is 1.79. The molecule has 3 rings (SSSR count). The van der Waals surface area contributed by atoms with Gasteiger partial charge in [0.25, 0.3) is 5.91 Å². The minimum absolute atomic E-state index is 0.0751. The van der Waals surface area contributed by atoms with Crippen molar-refractivity contribution in [2.45, 2.75) is 33.2 Å². The Morgan fingerprint density at radius 2 is 1.93 bits per heavy atom. The van der Waals surface area contributed by atoms with Crippen LogP contribution in [0.3, 0.4) is 0 Å². The van der Waals surface area contributed by atoms with Gasteiger partial charge in [-0.15, -0.1) is 0 Å². The number of esters is 1. The van der Waals surface area contributed by atoms with Crippen LogP contribution in [-0.2, 0) is 9.53 Å². The molecule has 0 bridgehead atoms. The number of nitrogens with one attached hydrogen (secondary N) is 1. The van der Waals surface area contributed by atoms with E-state index in [4.69, 9.17) is 9.15 Å². The van der Waals surface area contributed by atoms with E-state index in [-0.39, 0.29) is 11.7 Å². The molecule has 0 aliphatic heterocycles. The first-order valence-corrected chi connectivity index (χ1v) is 9.07. The van der Waals surface area contributed by atoms with E-state index in [2.05, 4.69) is 11.4 Å². The maximum Gasteiger partial charge on any atom is 0.375 e. The number of hydrogen-bond acceptors (Lipinski definition) is 5. The molecule has 3 aromatic rings. The number of fused-ring (bicyclic) bond motifs is 3. The number of carbonyl (C=O) groups excluding carboxylic acids is 2. The molecule has 1 amide bonds. The third kappa shape index (κ3) is 3.44. The molecule has 144 valence electrons. The minimum Gasteiger partial charge on any atom is -0.450 e. The predicted octanol–water partition coefficient (Wildman–Crippen LogP) is 4.11. The first-order valence-electron chi connectivity index (χ1n) is 9.07. The van der Waals surface area contributed by atoms with Gasteiger partial charge in [0.15, 0.2) is 6.61 Å². The van der Waals surface area contributed by atoms with Gasteiger partial charge in [0.2, 0.25) is 5.76 Å². The number of ether oxygens (including phenoxy) is 1. The van der Waals surface area contributed by atoms with E-state index in [0.717, 1.165) is 16.2 Å². The van der Waals surface area contributed by atoms with Gasteiger partial charge in [-0.1, -0.05) is 50.2 Å². The topological polar surface area (TPSA) is 92.3 Å². The molecule has 0 radical (unpaired) electrons. The summed E-state index contributed by atoms with van der Waals surface area (Å²) in [5.41, 5.74) is 0.247. The van der Waals surface area contributed by atoms with Crippen molar-refractivity contribution >= 4 is 33.6 Å². The summed E-state index contributed by atoms with van der Waals surface area (Å²) in [6.07, 6.45) is 0. The van der Waals surface area contributed by atoms with Gasteiger partial charge < -0.3 is 14.5 Å². The van der Waals surface area contributed by atoms with Crippen molar-refractivity contribution in [3.63, 3.8) is 0 Å². The van der Waals surface area contributed by atoms with Crippen LogP contribution in [0.5, 0.6) is 0 Å². The van der Waals surface area contributed by atoms with Gasteiger partial charge in [-0.2, -0.15) is 5.26 Å². The number of benzene rings is 2. The zero-order valence-electron chi connectivity index (χ0n) is 16.3. The fourth-order valence-corrected chi connectivity index (χ4v) is 2.97. The van der Waals surface area contributed by atoms with Crippen molar-refractivity contribution in [1.82, 2.24) is 5.32 Å². The minimum atomic E-state index is -1.03. The number of hydrogen-bond donors (Lipinski definition) is 1. The summed E-state index contributed by atoms with van der Waals surface area (Å²) < 4.78 is 10.9. The van der Waals surface area contributed by atoms with Crippen LogP contribution in [0.1, 0.15) is 36.9 Å². The van der Waals surface area contributed by atoms with Crippen LogP contribution in [0.2, 0.25) is 0 Å². The SMILES string of the molecule is Cc1c(C(=O)OCC(=O)N[C@@](C)(C#N)C(C)C)oc2c1ccc1ccccc12. The van der Waals surface area contributed by atoms with Crippen molar-refractivity contribution in [2.75, 3.05) is 6.61 Å². The molecular weight excluding hydrogens is 356 g/mol. The van der Waals surface area contributed by atoms with E-state index in [1.165, 1.54) is 0 Å². The Bertz CT molecular complexity index is 1110. The normalized spacial score (nSPS) is 13.3. The molecule has 0 aliphatic carbocycles. The molecule has 1 N–H and O–H groups in total. The predicted molar refractivity (Wildman–Crippen MR) is 106 cm³/mol. The summed E-state index contributed by atoms with van der Waals surface area (Å²) in [5.74, 6) is -1.27. The zero-order chi connectivity index (χ0) is 20.5. The summed E-state index contributed by atoms with van der Waals surface area (Å²) >= 11 is 0. The van der Waals surface area contributed by atoms with Crippen LogP contribution in [0, 0.1) is 24.2 Å². The van der Waals surface area contributed by atoms with E-state index >= 15 is 0 Å². The van der Waals surface area contributed by atoms with Crippen LogP contribution in [0.15, 0.2) is 40.8 Å². The second kappa shape index (κ2) is 7.35. The van der Waals surface area contributed by atoms with E-state index in [9.17, 15) is 14.9 Å². The molecule has 1 heterocycles. The molecular formula is C22H22N2O4. The molecule has 6 heteroatoms. The van der Waals surface area contributed by atoms with Gasteiger partial charge in [-0.3, -0.25) is 4.79 Å². The number of nitrogens with zero attached hydrogens (tertiary/aromatic N) is 1. The highest BCUT2D eigenvalue weighted by Gasteiger charge is 2.30. The third-order valence-electron chi connectivity index (χ3n) is 5.13. The summed E-state index contributed by atoms with van der Waals surface area (Å²) in [6, 6.07) is 13.7. The van der Waals surface area contributed by atoms with E-state index in [1.54, 1.807) is 13.8 Å². The lowest BCUT2D eigenvalue weighted by molar-refractivity contribution is -0.125. The van der Waals surface area contributed by atoms with Crippen molar-refractivity contribution in [2.24, 2.45) is 5.92 Å². The van der Waals surface area contributed by atoms with Gasteiger partial charge in [0, 0.05) is 16.3 Å². The molecule has 0 fully saturated rings. The maximum atomic E-state index is 12.5. The van der Waals surface area contributed by atoms with Crippen molar-refractivity contribution in [3.8, 4) is 6.07 Å². The lowest BCUT2D eigenvalue weighted by Gasteiger charge is -2.27. The van der Waals surface area contributed by atoms with Crippen LogP contribution in [-0.4, -0.2) is 24.0 Å². The number of furan rings is 1. The maximum absolute atomic E-state index is 12.5. The molecule has 0 aliphatic rings. The van der Waals surface area contributed by atoms with Gasteiger partial charge in [0.05, 0.1) is 6.07 Å². The van der Waals surface area contributed by atoms with E-state index in [0.29, 0.717) is 11.1 Å². The number of aryl methyl sites for hydroxylation is 1. The smallest absolute Gasteiger partial charge is 0.375 e. The molecule has 1 atom stereocenters. The molecule has 0 spiro atoms. The number of carbonyl (C=O) groups is 2.